The predicted octanol–water partition coefficient (Wildman–Crippen LogP) is 4.36. The van der Waals surface area contributed by atoms with Crippen LogP contribution in [0.3, 0.4) is 0 Å². The molecule has 120 valence electrons. The average Bonchev–Trinajstić information content (AvgIpc) is 2.53. The van der Waals surface area contributed by atoms with Crippen molar-refractivity contribution in [3.8, 4) is 17.6 Å². The Balaban J connectivity index is 2.06. The molecule has 0 saturated heterocycles. The van der Waals surface area contributed by atoms with Gasteiger partial charge in [0.15, 0.2) is 11.6 Å². The van der Waals surface area contributed by atoms with E-state index in [0.717, 1.165) is 23.3 Å². The van der Waals surface area contributed by atoms with Crippen molar-refractivity contribution in [1.82, 2.24) is 0 Å². The molecule has 2 aromatic rings. The van der Waals surface area contributed by atoms with Gasteiger partial charge in [-0.05, 0) is 25.1 Å². The van der Waals surface area contributed by atoms with Gasteiger partial charge in [0, 0.05) is 18.1 Å². The molecule has 0 radical (unpaired) electrons. The van der Waals surface area contributed by atoms with Crippen LogP contribution in [0.15, 0.2) is 36.4 Å². The van der Waals surface area contributed by atoms with Crippen molar-refractivity contribution in [2.45, 2.75) is 19.3 Å². The molecule has 0 heterocycles. The predicted molar refractivity (Wildman–Crippen MR) is 82.6 cm³/mol. The lowest BCUT2D eigenvalue weighted by Gasteiger charge is -2.15. The van der Waals surface area contributed by atoms with E-state index in [4.69, 9.17) is 9.47 Å². The van der Waals surface area contributed by atoms with Gasteiger partial charge in [-0.25, -0.2) is 8.78 Å². The van der Waals surface area contributed by atoms with Crippen molar-refractivity contribution in [2.75, 3.05) is 13.7 Å². The second-order valence-corrected chi connectivity index (χ2v) is 5.14. The van der Waals surface area contributed by atoms with Crippen molar-refractivity contribution in [3.63, 3.8) is 0 Å². The van der Waals surface area contributed by atoms with Crippen LogP contribution >= 0.6 is 0 Å². The van der Waals surface area contributed by atoms with Crippen molar-refractivity contribution in [1.29, 1.82) is 5.26 Å². The van der Waals surface area contributed by atoms with Gasteiger partial charge in [0.25, 0.3) is 0 Å². The lowest BCUT2D eigenvalue weighted by Crippen LogP contribution is -2.07. The summed E-state index contributed by atoms with van der Waals surface area (Å²) < 4.78 is 36.9. The first kappa shape index (κ1) is 16.8. The van der Waals surface area contributed by atoms with E-state index in [1.807, 2.05) is 25.1 Å². The Kier molecular flexibility index (Phi) is 5.53. The molecule has 5 heteroatoms. The highest BCUT2D eigenvalue weighted by molar-refractivity contribution is 5.41. The third-order valence-electron chi connectivity index (χ3n) is 3.47. The smallest absolute Gasteiger partial charge is 0.167 e. The summed E-state index contributed by atoms with van der Waals surface area (Å²) in [5, 5.41) is 9.39. The van der Waals surface area contributed by atoms with Gasteiger partial charge in [-0.2, -0.15) is 5.26 Å². The first-order chi connectivity index (χ1) is 11.0. The quantitative estimate of drug-likeness (QED) is 0.795. The van der Waals surface area contributed by atoms with Crippen LogP contribution in [0.25, 0.3) is 0 Å². The highest BCUT2D eigenvalue weighted by atomic mass is 19.1. The van der Waals surface area contributed by atoms with Crippen molar-refractivity contribution < 1.29 is 18.3 Å². The minimum absolute atomic E-state index is 0.0284. The molecule has 0 bridgehead atoms. The standard InChI is InChI=1S/C18H17F2NO2/c1-12-3-5-17(22-2)15(9-12)13(11-21)7-8-23-18-6-4-14(19)10-16(18)20/h3-6,9-10,13H,7-8H2,1-2H3. The SMILES string of the molecule is COc1ccc(C)cc1C(C#N)CCOc1ccc(F)cc1F. The Bertz CT molecular complexity index is 725. The number of hydrogen-bond acceptors (Lipinski definition) is 3. The molecule has 0 aliphatic rings. The van der Waals surface area contributed by atoms with Crippen LogP contribution in [0.5, 0.6) is 11.5 Å². The van der Waals surface area contributed by atoms with E-state index in [0.29, 0.717) is 12.2 Å². The summed E-state index contributed by atoms with van der Waals surface area (Å²) in [4.78, 5) is 0. The number of halogens is 2. The second-order valence-electron chi connectivity index (χ2n) is 5.14. The minimum Gasteiger partial charge on any atom is -0.496 e. The summed E-state index contributed by atoms with van der Waals surface area (Å²) in [5.41, 5.74) is 1.80. The summed E-state index contributed by atoms with van der Waals surface area (Å²) in [6.45, 7) is 2.07. The summed E-state index contributed by atoms with van der Waals surface area (Å²) in [7, 11) is 1.55. The zero-order valence-corrected chi connectivity index (χ0v) is 13.0. The van der Waals surface area contributed by atoms with Crippen LogP contribution in [0.1, 0.15) is 23.5 Å². The Labute approximate surface area is 134 Å². The number of rotatable bonds is 6. The summed E-state index contributed by atoms with van der Waals surface area (Å²) in [5.74, 6) is -1.25. The van der Waals surface area contributed by atoms with Crippen LogP contribution in [0, 0.1) is 29.9 Å². The van der Waals surface area contributed by atoms with E-state index in [1.165, 1.54) is 6.07 Å². The largest absolute Gasteiger partial charge is 0.496 e. The maximum absolute atomic E-state index is 13.5. The Morgan fingerprint density at radius 2 is 1.87 bits per heavy atom. The maximum Gasteiger partial charge on any atom is 0.167 e. The summed E-state index contributed by atoms with van der Waals surface area (Å²) in [6.07, 6.45) is 0.368. The van der Waals surface area contributed by atoms with Gasteiger partial charge in [0.05, 0.1) is 25.7 Å². The van der Waals surface area contributed by atoms with E-state index in [-0.39, 0.29) is 12.4 Å². The number of nitrogens with zero attached hydrogens (tertiary/aromatic N) is 1. The topological polar surface area (TPSA) is 42.2 Å². The number of ether oxygens (including phenoxy) is 2. The lowest BCUT2D eigenvalue weighted by molar-refractivity contribution is 0.289. The third kappa shape index (κ3) is 4.19. The molecule has 2 aromatic carbocycles. The molecule has 0 spiro atoms. The fraction of sp³-hybridized carbons (Fsp3) is 0.278. The third-order valence-corrected chi connectivity index (χ3v) is 3.47. The second kappa shape index (κ2) is 7.59. The van der Waals surface area contributed by atoms with Crippen LogP contribution in [0.4, 0.5) is 8.78 Å². The van der Waals surface area contributed by atoms with Gasteiger partial charge < -0.3 is 9.47 Å². The van der Waals surface area contributed by atoms with Gasteiger partial charge in [0.2, 0.25) is 0 Å². The Morgan fingerprint density at radius 1 is 1.13 bits per heavy atom. The molecule has 0 aliphatic carbocycles. The van der Waals surface area contributed by atoms with Crippen LogP contribution in [0.2, 0.25) is 0 Å². The minimum atomic E-state index is -0.758. The van der Waals surface area contributed by atoms with E-state index in [9.17, 15) is 14.0 Å². The molecule has 3 nitrogen and oxygen atoms in total. The molecule has 2 rings (SSSR count). The number of aryl methyl sites for hydroxylation is 1. The monoisotopic (exact) mass is 317 g/mol. The number of methoxy groups -OCH3 is 1. The van der Waals surface area contributed by atoms with Gasteiger partial charge in [-0.3, -0.25) is 0 Å². The molecule has 23 heavy (non-hydrogen) atoms. The molecule has 0 amide bonds. The van der Waals surface area contributed by atoms with E-state index < -0.39 is 17.6 Å². The molecule has 1 unspecified atom stereocenters. The molecule has 0 saturated carbocycles. The zero-order chi connectivity index (χ0) is 16.8. The van der Waals surface area contributed by atoms with Crippen LogP contribution in [-0.2, 0) is 0 Å². The zero-order valence-electron chi connectivity index (χ0n) is 13.0. The summed E-state index contributed by atoms with van der Waals surface area (Å²) >= 11 is 0. The van der Waals surface area contributed by atoms with Crippen molar-refractivity contribution in [2.24, 2.45) is 0 Å². The Hall–Kier alpha value is -2.61. The van der Waals surface area contributed by atoms with E-state index in [1.54, 1.807) is 7.11 Å². The molecule has 0 N–H and O–H groups in total. The summed E-state index contributed by atoms with van der Waals surface area (Å²) in [6, 6.07) is 11.0. The molecular formula is C18H17F2NO2. The number of benzene rings is 2. The molecule has 0 fully saturated rings. The molecule has 0 aromatic heterocycles. The van der Waals surface area contributed by atoms with Crippen LogP contribution < -0.4 is 9.47 Å². The van der Waals surface area contributed by atoms with Gasteiger partial charge >= 0.3 is 0 Å². The normalized spacial score (nSPS) is 11.6. The highest BCUT2D eigenvalue weighted by Gasteiger charge is 2.16. The molecule has 0 aliphatic heterocycles. The lowest BCUT2D eigenvalue weighted by atomic mass is 9.95. The Morgan fingerprint density at radius 3 is 2.52 bits per heavy atom. The van der Waals surface area contributed by atoms with Gasteiger partial charge in [-0.1, -0.05) is 17.7 Å². The van der Waals surface area contributed by atoms with E-state index >= 15 is 0 Å². The molecule has 1 atom stereocenters. The highest BCUT2D eigenvalue weighted by Crippen LogP contribution is 2.30. The fourth-order valence-corrected chi connectivity index (χ4v) is 2.29. The fourth-order valence-electron chi connectivity index (χ4n) is 2.29. The average molecular weight is 317 g/mol. The van der Waals surface area contributed by atoms with E-state index in [2.05, 4.69) is 6.07 Å². The van der Waals surface area contributed by atoms with Crippen molar-refractivity contribution in [3.05, 3.63) is 59.2 Å². The molecular weight excluding hydrogens is 300 g/mol. The van der Waals surface area contributed by atoms with Crippen molar-refractivity contribution >= 4 is 0 Å². The first-order valence-electron chi connectivity index (χ1n) is 7.17. The number of nitriles is 1. The first-order valence-corrected chi connectivity index (χ1v) is 7.17. The number of hydrogen-bond donors (Lipinski definition) is 0. The van der Waals surface area contributed by atoms with Gasteiger partial charge in [-0.15, -0.1) is 0 Å². The van der Waals surface area contributed by atoms with Crippen LogP contribution in [-0.4, -0.2) is 13.7 Å². The van der Waals surface area contributed by atoms with Gasteiger partial charge in [0.1, 0.15) is 11.6 Å². The maximum atomic E-state index is 13.5.